The van der Waals surface area contributed by atoms with Crippen LogP contribution in [0.2, 0.25) is 0 Å². The average Bonchev–Trinajstić information content (AvgIpc) is 2.19. The van der Waals surface area contributed by atoms with E-state index in [1.54, 1.807) is 6.20 Å². The zero-order chi connectivity index (χ0) is 9.68. The van der Waals surface area contributed by atoms with Gasteiger partial charge in [0, 0.05) is 6.20 Å². The SMILES string of the molecule is C/C(=N/C(=S)NN)c1ccccn1. The number of hydrogen-bond acceptors (Lipinski definition) is 3. The third-order valence-corrected chi connectivity index (χ3v) is 1.64. The Morgan fingerprint density at radius 2 is 2.38 bits per heavy atom. The van der Waals surface area contributed by atoms with Crippen LogP contribution in [0.4, 0.5) is 0 Å². The molecule has 0 atom stereocenters. The van der Waals surface area contributed by atoms with Crippen LogP contribution >= 0.6 is 12.2 Å². The highest BCUT2D eigenvalue weighted by molar-refractivity contribution is 7.80. The van der Waals surface area contributed by atoms with E-state index in [2.05, 4.69) is 15.4 Å². The Hall–Kier alpha value is -1.33. The van der Waals surface area contributed by atoms with E-state index in [1.807, 2.05) is 25.1 Å². The van der Waals surface area contributed by atoms with Crippen molar-refractivity contribution in [2.24, 2.45) is 10.8 Å². The summed E-state index contributed by atoms with van der Waals surface area (Å²) in [4.78, 5) is 8.12. The zero-order valence-corrected chi connectivity index (χ0v) is 8.01. The summed E-state index contributed by atoms with van der Waals surface area (Å²) in [5.41, 5.74) is 3.81. The third-order valence-electron chi connectivity index (χ3n) is 1.43. The van der Waals surface area contributed by atoms with E-state index in [0.717, 1.165) is 11.4 Å². The number of aliphatic imine (C=N–C) groups is 1. The summed E-state index contributed by atoms with van der Waals surface area (Å²) >= 11 is 4.78. The molecule has 1 aromatic heterocycles. The number of pyridine rings is 1. The highest BCUT2D eigenvalue weighted by atomic mass is 32.1. The van der Waals surface area contributed by atoms with Crippen molar-refractivity contribution in [2.45, 2.75) is 6.92 Å². The van der Waals surface area contributed by atoms with Gasteiger partial charge in [0.1, 0.15) is 0 Å². The minimum Gasteiger partial charge on any atom is -0.299 e. The smallest absolute Gasteiger partial charge is 0.207 e. The lowest BCUT2D eigenvalue weighted by molar-refractivity contribution is 1.03. The Balaban J connectivity index is 2.85. The Morgan fingerprint density at radius 3 is 2.92 bits per heavy atom. The molecule has 0 spiro atoms. The predicted molar refractivity (Wildman–Crippen MR) is 56.4 cm³/mol. The van der Waals surface area contributed by atoms with Crippen molar-refractivity contribution in [3.8, 4) is 0 Å². The third kappa shape index (κ3) is 2.89. The molecule has 0 aromatic carbocycles. The molecule has 0 amide bonds. The fourth-order valence-corrected chi connectivity index (χ4v) is 0.956. The lowest BCUT2D eigenvalue weighted by atomic mass is 10.2. The first-order valence-corrected chi connectivity index (χ1v) is 4.12. The first-order valence-electron chi connectivity index (χ1n) is 3.71. The molecule has 0 saturated carbocycles. The second kappa shape index (κ2) is 4.64. The molecule has 0 fully saturated rings. The highest BCUT2D eigenvalue weighted by Crippen LogP contribution is 1.96. The van der Waals surface area contributed by atoms with Crippen molar-refractivity contribution in [1.82, 2.24) is 10.4 Å². The maximum Gasteiger partial charge on any atom is 0.207 e. The Morgan fingerprint density at radius 1 is 1.62 bits per heavy atom. The van der Waals surface area contributed by atoms with E-state index in [1.165, 1.54) is 0 Å². The number of aromatic nitrogens is 1. The maximum atomic E-state index is 5.08. The molecule has 0 unspecified atom stereocenters. The van der Waals surface area contributed by atoms with Gasteiger partial charge in [0.05, 0.1) is 11.4 Å². The summed E-state index contributed by atoms with van der Waals surface area (Å²) in [6.45, 7) is 1.83. The lowest BCUT2D eigenvalue weighted by Gasteiger charge is -1.99. The van der Waals surface area contributed by atoms with Crippen molar-refractivity contribution < 1.29 is 0 Å². The van der Waals surface area contributed by atoms with E-state index < -0.39 is 0 Å². The van der Waals surface area contributed by atoms with Crippen LogP contribution in [0.1, 0.15) is 12.6 Å². The molecule has 1 heterocycles. The van der Waals surface area contributed by atoms with Gasteiger partial charge < -0.3 is 0 Å². The van der Waals surface area contributed by atoms with Gasteiger partial charge in [0.15, 0.2) is 0 Å². The number of thiocarbonyl (C=S) groups is 1. The number of nitrogens with two attached hydrogens (primary N) is 1. The van der Waals surface area contributed by atoms with E-state index in [4.69, 9.17) is 18.1 Å². The van der Waals surface area contributed by atoms with Crippen LogP contribution in [-0.2, 0) is 0 Å². The Labute approximate surface area is 81.9 Å². The van der Waals surface area contributed by atoms with Crippen molar-refractivity contribution in [2.75, 3.05) is 0 Å². The van der Waals surface area contributed by atoms with Crippen LogP contribution in [-0.4, -0.2) is 15.8 Å². The van der Waals surface area contributed by atoms with Crippen LogP contribution in [0.25, 0.3) is 0 Å². The van der Waals surface area contributed by atoms with Crippen molar-refractivity contribution in [3.05, 3.63) is 30.1 Å². The van der Waals surface area contributed by atoms with Gasteiger partial charge in [0.2, 0.25) is 5.11 Å². The quantitative estimate of drug-likeness (QED) is 0.298. The molecule has 5 heteroatoms. The first-order chi connectivity index (χ1) is 6.24. The van der Waals surface area contributed by atoms with E-state index in [-0.39, 0.29) is 5.11 Å². The molecule has 68 valence electrons. The number of rotatable bonds is 1. The molecule has 4 nitrogen and oxygen atoms in total. The van der Waals surface area contributed by atoms with Crippen LogP contribution in [0.15, 0.2) is 29.4 Å². The largest absolute Gasteiger partial charge is 0.299 e. The molecule has 0 radical (unpaired) electrons. The van der Waals surface area contributed by atoms with Crippen molar-refractivity contribution in [3.63, 3.8) is 0 Å². The Bertz CT molecular complexity index is 320. The van der Waals surface area contributed by atoms with Gasteiger partial charge in [-0.15, -0.1) is 0 Å². The average molecular weight is 194 g/mol. The van der Waals surface area contributed by atoms with E-state index in [9.17, 15) is 0 Å². The van der Waals surface area contributed by atoms with Gasteiger partial charge in [-0.3, -0.25) is 10.4 Å². The summed E-state index contributed by atoms with van der Waals surface area (Å²) in [6.07, 6.45) is 1.70. The molecule has 0 aliphatic heterocycles. The molecule has 0 aliphatic rings. The topological polar surface area (TPSA) is 63.3 Å². The molecule has 0 saturated heterocycles. The van der Waals surface area contributed by atoms with Crippen molar-refractivity contribution in [1.29, 1.82) is 0 Å². The normalized spacial score (nSPS) is 11.1. The van der Waals surface area contributed by atoms with Crippen LogP contribution in [0.5, 0.6) is 0 Å². The molecular weight excluding hydrogens is 184 g/mol. The molecule has 0 aliphatic carbocycles. The van der Waals surface area contributed by atoms with Gasteiger partial charge in [-0.2, -0.15) is 0 Å². The fourth-order valence-electron chi connectivity index (χ4n) is 0.819. The minimum absolute atomic E-state index is 0.253. The second-order valence-corrected chi connectivity index (χ2v) is 2.75. The summed E-state index contributed by atoms with van der Waals surface area (Å²) in [6, 6.07) is 5.59. The molecule has 1 rings (SSSR count). The summed E-state index contributed by atoms with van der Waals surface area (Å²) in [5, 5.41) is 0.253. The minimum atomic E-state index is 0.253. The van der Waals surface area contributed by atoms with Crippen LogP contribution in [0, 0.1) is 0 Å². The molecule has 13 heavy (non-hydrogen) atoms. The van der Waals surface area contributed by atoms with E-state index in [0.29, 0.717) is 0 Å². The van der Waals surface area contributed by atoms with E-state index >= 15 is 0 Å². The molecule has 1 aromatic rings. The van der Waals surface area contributed by atoms with Gasteiger partial charge >= 0.3 is 0 Å². The van der Waals surface area contributed by atoms with Gasteiger partial charge in [-0.1, -0.05) is 6.07 Å². The highest BCUT2D eigenvalue weighted by Gasteiger charge is 1.97. The van der Waals surface area contributed by atoms with Gasteiger partial charge in [0.25, 0.3) is 0 Å². The Kier molecular flexibility index (Phi) is 3.48. The predicted octanol–water partition coefficient (Wildman–Crippen LogP) is 0.639. The summed E-state index contributed by atoms with van der Waals surface area (Å²) in [7, 11) is 0. The monoisotopic (exact) mass is 194 g/mol. The molecule has 3 N–H and O–H groups in total. The number of nitrogens with zero attached hydrogens (tertiary/aromatic N) is 2. The number of hydrogen-bond donors (Lipinski definition) is 2. The standard InChI is InChI=1S/C8H10N4S/c1-6(11-8(13)12-9)7-4-2-3-5-10-7/h2-5H,9H2,1H3,(H,12,13)/b11-6-. The van der Waals surface area contributed by atoms with Gasteiger partial charge in [-0.05, 0) is 31.3 Å². The summed E-state index contributed by atoms with van der Waals surface area (Å²) < 4.78 is 0. The molecular formula is C8H10N4S. The fraction of sp³-hybridized carbons (Fsp3) is 0.125. The van der Waals surface area contributed by atoms with Crippen molar-refractivity contribution >= 4 is 23.0 Å². The number of nitrogens with one attached hydrogen (secondary N) is 1. The van der Waals surface area contributed by atoms with Gasteiger partial charge in [-0.25, -0.2) is 10.8 Å². The lowest BCUT2D eigenvalue weighted by Crippen LogP contribution is -2.27. The number of hydrazine groups is 1. The van der Waals surface area contributed by atoms with Crippen LogP contribution < -0.4 is 11.3 Å². The first kappa shape index (κ1) is 9.76. The molecule has 0 bridgehead atoms. The zero-order valence-electron chi connectivity index (χ0n) is 7.19. The second-order valence-electron chi connectivity index (χ2n) is 2.36. The maximum absolute atomic E-state index is 5.08. The van der Waals surface area contributed by atoms with Crippen LogP contribution in [0.3, 0.4) is 0 Å². The summed E-state index contributed by atoms with van der Waals surface area (Å²) in [5.74, 6) is 5.08.